The van der Waals surface area contributed by atoms with E-state index in [0.29, 0.717) is 17.7 Å². The molecule has 1 aromatic heterocycles. The van der Waals surface area contributed by atoms with E-state index in [1.807, 2.05) is 6.07 Å². The van der Waals surface area contributed by atoms with Gasteiger partial charge in [0.2, 0.25) is 5.28 Å². The first-order chi connectivity index (χ1) is 10.3. The summed E-state index contributed by atoms with van der Waals surface area (Å²) in [5.74, 6) is -0.566. The van der Waals surface area contributed by atoms with E-state index in [-0.39, 0.29) is 22.3 Å². The molecule has 4 nitrogen and oxygen atoms in total. The molecular weight excluding hydrogens is 305 g/mol. The van der Waals surface area contributed by atoms with E-state index in [4.69, 9.17) is 11.6 Å². The van der Waals surface area contributed by atoms with Crippen molar-refractivity contribution in [1.82, 2.24) is 14.9 Å². The van der Waals surface area contributed by atoms with Crippen LogP contribution < -0.4 is 0 Å². The quantitative estimate of drug-likeness (QED) is 0.758. The second-order valence-electron chi connectivity index (χ2n) is 6.14. The summed E-state index contributed by atoms with van der Waals surface area (Å²) in [5.41, 5.74) is 2.04. The fourth-order valence-electron chi connectivity index (χ4n) is 2.94. The van der Waals surface area contributed by atoms with Crippen molar-refractivity contribution >= 4 is 17.5 Å². The SMILES string of the molecule is CN1CC(C)(C)c2cc(-c3nc(Cl)ncc3F)ccc2C1=O. The first kappa shape index (κ1) is 14.9. The summed E-state index contributed by atoms with van der Waals surface area (Å²) in [7, 11) is 1.78. The molecule has 22 heavy (non-hydrogen) atoms. The highest BCUT2D eigenvalue weighted by atomic mass is 35.5. The van der Waals surface area contributed by atoms with Crippen LogP contribution in [0, 0.1) is 5.82 Å². The molecule has 114 valence electrons. The molecule has 1 amide bonds. The minimum atomic E-state index is -0.540. The summed E-state index contributed by atoms with van der Waals surface area (Å²) in [6.07, 6.45) is 1.05. The van der Waals surface area contributed by atoms with Crippen molar-refractivity contribution in [2.75, 3.05) is 13.6 Å². The lowest BCUT2D eigenvalue weighted by molar-refractivity contribution is 0.0737. The average Bonchev–Trinajstić information content (AvgIpc) is 2.47. The molecule has 0 spiro atoms. The lowest BCUT2D eigenvalue weighted by Gasteiger charge is -2.37. The molecule has 0 unspecified atom stereocenters. The highest BCUT2D eigenvalue weighted by molar-refractivity contribution is 6.28. The molecule has 0 saturated heterocycles. The Bertz CT molecular complexity index is 776. The molecule has 0 radical (unpaired) electrons. The minimum absolute atomic E-state index is 0.0100. The van der Waals surface area contributed by atoms with Gasteiger partial charge in [0.15, 0.2) is 5.82 Å². The highest BCUT2D eigenvalue weighted by Gasteiger charge is 2.35. The number of carbonyl (C=O) groups excluding carboxylic acids is 1. The van der Waals surface area contributed by atoms with Crippen LogP contribution in [-0.4, -0.2) is 34.4 Å². The van der Waals surface area contributed by atoms with Crippen LogP contribution in [-0.2, 0) is 5.41 Å². The Morgan fingerprint density at radius 1 is 1.36 bits per heavy atom. The van der Waals surface area contributed by atoms with Gasteiger partial charge >= 0.3 is 0 Å². The number of nitrogens with zero attached hydrogens (tertiary/aromatic N) is 3. The fourth-order valence-corrected chi connectivity index (χ4v) is 3.07. The predicted molar refractivity (Wildman–Crippen MR) is 82.4 cm³/mol. The second-order valence-corrected chi connectivity index (χ2v) is 6.48. The first-order valence-electron chi connectivity index (χ1n) is 6.88. The first-order valence-corrected chi connectivity index (χ1v) is 7.26. The largest absolute Gasteiger partial charge is 0.341 e. The lowest BCUT2D eigenvalue weighted by atomic mass is 9.77. The Labute approximate surface area is 133 Å². The Hall–Kier alpha value is -2.01. The van der Waals surface area contributed by atoms with Gasteiger partial charge in [-0.1, -0.05) is 19.9 Å². The molecular formula is C16H15ClFN3O. The molecule has 1 aliphatic rings. The molecule has 0 bridgehead atoms. The molecule has 0 saturated carbocycles. The van der Waals surface area contributed by atoms with Gasteiger partial charge in [0.05, 0.1) is 6.20 Å². The zero-order valence-electron chi connectivity index (χ0n) is 12.5. The van der Waals surface area contributed by atoms with Crippen LogP contribution in [0.15, 0.2) is 24.4 Å². The van der Waals surface area contributed by atoms with E-state index < -0.39 is 5.82 Å². The number of hydrogen-bond donors (Lipinski definition) is 0. The van der Waals surface area contributed by atoms with Crippen molar-refractivity contribution in [3.05, 3.63) is 46.6 Å². The van der Waals surface area contributed by atoms with Crippen molar-refractivity contribution in [2.45, 2.75) is 19.3 Å². The summed E-state index contributed by atoms with van der Waals surface area (Å²) >= 11 is 5.76. The zero-order valence-corrected chi connectivity index (χ0v) is 13.3. The van der Waals surface area contributed by atoms with E-state index in [1.165, 1.54) is 0 Å². The van der Waals surface area contributed by atoms with E-state index in [1.54, 1.807) is 24.1 Å². The van der Waals surface area contributed by atoms with Crippen molar-refractivity contribution in [3.8, 4) is 11.3 Å². The molecule has 2 heterocycles. The highest BCUT2D eigenvalue weighted by Crippen LogP contribution is 2.35. The maximum Gasteiger partial charge on any atom is 0.253 e. The number of amides is 1. The Morgan fingerprint density at radius 2 is 2.09 bits per heavy atom. The number of rotatable bonds is 1. The number of halogens is 2. The van der Waals surface area contributed by atoms with Crippen molar-refractivity contribution < 1.29 is 9.18 Å². The van der Waals surface area contributed by atoms with Crippen molar-refractivity contribution in [2.24, 2.45) is 0 Å². The number of aromatic nitrogens is 2. The molecule has 1 aromatic carbocycles. The number of hydrogen-bond acceptors (Lipinski definition) is 3. The second kappa shape index (κ2) is 5.02. The van der Waals surface area contributed by atoms with Gasteiger partial charge in [0, 0.05) is 30.1 Å². The van der Waals surface area contributed by atoms with Crippen LogP contribution in [0.3, 0.4) is 0 Å². The molecule has 0 atom stereocenters. The Kier molecular flexibility index (Phi) is 3.40. The van der Waals surface area contributed by atoms with E-state index >= 15 is 0 Å². The van der Waals surface area contributed by atoms with Crippen LogP contribution in [0.1, 0.15) is 29.8 Å². The number of likely N-dealkylation sites (N-methyl/N-ethyl adjacent to an activating group) is 1. The van der Waals surface area contributed by atoms with Gasteiger partial charge < -0.3 is 4.90 Å². The van der Waals surface area contributed by atoms with Gasteiger partial charge in [-0.2, -0.15) is 0 Å². The lowest BCUT2D eigenvalue weighted by Crippen LogP contribution is -2.44. The third kappa shape index (κ3) is 2.35. The molecule has 3 rings (SSSR count). The van der Waals surface area contributed by atoms with E-state index in [2.05, 4.69) is 23.8 Å². The summed E-state index contributed by atoms with van der Waals surface area (Å²) in [6, 6.07) is 5.23. The molecule has 2 aromatic rings. The van der Waals surface area contributed by atoms with E-state index in [0.717, 1.165) is 11.8 Å². The molecule has 6 heteroatoms. The van der Waals surface area contributed by atoms with Crippen LogP contribution in [0.4, 0.5) is 4.39 Å². The number of carbonyl (C=O) groups is 1. The Balaban J connectivity index is 2.19. The smallest absolute Gasteiger partial charge is 0.253 e. The van der Waals surface area contributed by atoms with Gasteiger partial charge in [-0.05, 0) is 29.3 Å². The third-order valence-corrected chi connectivity index (χ3v) is 4.13. The topological polar surface area (TPSA) is 46.1 Å². The Morgan fingerprint density at radius 3 is 2.82 bits per heavy atom. The van der Waals surface area contributed by atoms with Gasteiger partial charge in [-0.25, -0.2) is 14.4 Å². The van der Waals surface area contributed by atoms with Gasteiger partial charge in [-0.3, -0.25) is 4.79 Å². The maximum atomic E-state index is 14.0. The predicted octanol–water partition coefficient (Wildman–Crippen LogP) is 3.30. The molecule has 0 aliphatic carbocycles. The fraction of sp³-hybridized carbons (Fsp3) is 0.312. The normalized spacial score (nSPS) is 16.6. The number of benzene rings is 1. The zero-order chi connectivity index (χ0) is 16.1. The van der Waals surface area contributed by atoms with Gasteiger partial charge in [0.25, 0.3) is 5.91 Å². The van der Waals surface area contributed by atoms with Crippen molar-refractivity contribution in [3.63, 3.8) is 0 Å². The minimum Gasteiger partial charge on any atom is -0.341 e. The van der Waals surface area contributed by atoms with Crippen LogP contribution in [0.25, 0.3) is 11.3 Å². The molecule has 0 fully saturated rings. The summed E-state index contributed by atoms with van der Waals surface area (Å²) in [6.45, 7) is 4.72. The summed E-state index contributed by atoms with van der Waals surface area (Å²) in [4.78, 5) is 21.6. The standard InChI is InChI=1S/C16H15ClFN3O/c1-16(2)8-21(3)14(22)10-5-4-9(6-11(10)16)13-12(18)7-19-15(17)20-13/h4-7H,8H2,1-3H3. The number of fused-ring (bicyclic) bond motifs is 1. The van der Waals surface area contributed by atoms with Crippen molar-refractivity contribution in [1.29, 1.82) is 0 Å². The third-order valence-electron chi connectivity index (χ3n) is 3.95. The van der Waals surface area contributed by atoms with Gasteiger partial charge in [0.1, 0.15) is 5.69 Å². The monoisotopic (exact) mass is 319 g/mol. The van der Waals surface area contributed by atoms with Crippen LogP contribution in [0.5, 0.6) is 0 Å². The van der Waals surface area contributed by atoms with Crippen LogP contribution >= 0.6 is 11.6 Å². The summed E-state index contributed by atoms with van der Waals surface area (Å²) < 4.78 is 14.0. The summed E-state index contributed by atoms with van der Waals surface area (Å²) in [5, 5.41) is -0.0100. The van der Waals surface area contributed by atoms with Gasteiger partial charge in [-0.15, -0.1) is 0 Å². The van der Waals surface area contributed by atoms with Crippen LogP contribution in [0.2, 0.25) is 5.28 Å². The maximum absolute atomic E-state index is 14.0. The molecule has 0 N–H and O–H groups in total. The molecule has 1 aliphatic heterocycles. The average molecular weight is 320 g/mol. The van der Waals surface area contributed by atoms with E-state index in [9.17, 15) is 9.18 Å².